The molecule has 2 fully saturated rings. The number of rotatable bonds is 2. The van der Waals surface area contributed by atoms with Gasteiger partial charge in [0.2, 0.25) is 0 Å². The molecule has 82 valence electrons. The summed E-state index contributed by atoms with van der Waals surface area (Å²) in [6, 6.07) is 1.61. The summed E-state index contributed by atoms with van der Waals surface area (Å²) in [4.78, 5) is 5.14. The first kappa shape index (κ1) is 10.4. The van der Waals surface area contributed by atoms with E-state index in [-0.39, 0.29) is 0 Å². The molecule has 0 bridgehead atoms. The molecule has 3 nitrogen and oxygen atoms in total. The van der Waals surface area contributed by atoms with Gasteiger partial charge >= 0.3 is 0 Å². The highest BCUT2D eigenvalue weighted by atomic mass is 15.2. The molecule has 2 aliphatic heterocycles. The molecule has 0 radical (unpaired) electrons. The lowest BCUT2D eigenvalue weighted by molar-refractivity contribution is 0.141. The highest BCUT2D eigenvalue weighted by molar-refractivity contribution is 4.87. The molecule has 2 aliphatic rings. The Morgan fingerprint density at radius 3 is 2.36 bits per heavy atom. The normalized spacial score (nSPS) is 32.6. The van der Waals surface area contributed by atoms with Gasteiger partial charge in [0.1, 0.15) is 0 Å². The van der Waals surface area contributed by atoms with Crippen LogP contribution >= 0.6 is 0 Å². The van der Waals surface area contributed by atoms with Gasteiger partial charge in [-0.05, 0) is 46.4 Å². The smallest absolute Gasteiger partial charge is 0.0204 e. The highest BCUT2D eigenvalue weighted by Gasteiger charge is 2.28. The third-order valence-corrected chi connectivity index (χ3v) is 3.83. The van der Waals surface area contributed by atoms with Gasteiger partial charge in [0.05, 0.1) is 0 Å². The van der Waals surface area contributed by atoms with Crippen molar-refractivity contribution in [3.8, 4) is 0 Å². The molecule has 0 aliphatic carbocycles. The largest absolute Gasteiger partial charge is 0.316 e. The van der Waals surface area contributed by atoms with E-state index in [1.807, 2.05) is 0 Å². The maximum Gasteiger partial charge on any atom is 0.0204 e. The maximum absolute atomic E-state index is 3.39. The molecule has 2 rings (SSSR count). The summed E-state index contributed by atoms with van der Waals surface area (Å²) in [6.45, 7) is 5.14. The maximum atomic E-state index is 3.39. The van der Waals surface area contributed by atoms with Crippen molar-refractivity contribution < 1.29 is 0 Å². The summed E-state index contributed by atoms with van der Waals surface area (Å²) in [5, 5.41) is 3.39. The van der Waals surface area contributed by atoms with Crippen molar-refractivity contribution in [3.63, 3.8) is 0 Å². The van der Waals surface area contributed by atoms with Crippen LogP contribution in [0.2, 0.25) is 0 Å². The van der Waals surface area contributed by atoms with Crippen LogP contribution in [0.5, 0.6) is 0 Å². The second-order valence-corrected chi connectivity index (χ2v) is 4.80. The fourth-order valence-electron chi connectivity index (χ4n) is 2.71. The van der Waals surface area contributed by atoms with Gasteiger partial charge in [-0.2, -0.15) is 0 Å². The Morgan fingerprint density at radius 2 is 1.79 bits per heavy atom. The van der Waals surface area contributed by atoms with Gasteiger partial charge in [0.15, 0.2) is 0 Å². The lowest BCUT2D eigenvalue weighted by atomic mass is 10.0. The van der Waals surface area contributed by atoms with E-state index in [4.69, 9.17) is 0 Å². The first-order valence-electron chi connectivity index (χ1n) is 5.89. The summed E-state index contributed by atoms with van der Waals surface area (Å²) in [7, 11) is 4.32. The lowest BCUT2D eigenvalue weighted by Gasteiger charge is -2.35. The van der Waals surface area contributed by atoms with Crippen LogP contribution in [0.4, 0.5) is 0 Å². The molecule has 14 heavy (non-hydrogen) atoms. The average molecular weight is 197 g/mol. The SMILES string of the molecule is CN[C@H]1CCN(C2CCN(C)CC2)C1. The van der Waals surface area contributed by atoms with Crippen LogP contribution in [0.15, 0.2) is 0 Å². The van der Waals surface area contributed by atoms with Gasteiger partial charge in [0, 0.05) is 25.2 Å². The first-order chi connectivity index (χ1) is 6.79. The molecule has 2 heterocycles. The lowest BCUT2D eigenvalue weighted by Crippen LogP contribution is -2.43. The summed E-state index contributed by atoms with van der Waals surface area (Å²) >= 11 is 0. The number of hydrogen-bond acceptors (Lipinski definition) is 3. The van der Waals surface area contributed by atoms with Gasteiger partial charge in [-0.3, -0.25) is 4.90 Å². The molecular weight excluding hydrogens is 174 g/mol. The Labute approximate surface area is 87.4 Å². The minimum Gasteiger partial charge on any atom is -0.316 e. The van der Waals surface area contributed by atoms with Crippen LogP contribution in [-0.4, -0.2) is 62.2 Å². The van der Waals surface area contributed by atoms with E-state index in [0.717, 1.165) is 12.1 Å². The third kappa shape index (κ3) is 2.27. The number of piperidine rings is 1. The number of likely N-dealkylation sites (N-methyl/N-ethyl adjacent to an activating group) is 1. The molecule has 0 aromatic heterocycles. The van der Waals surface area contributed by atoms with Gasteiger partial charge < -0.3 is 10.2 Å². The zero-order valence-electron chi connectivity index (χ0n) is 9.50. The number of nitrogens with one attached hydrogen (secondary N) is 1. The van der Waals surface area contributed by atoms with E-state index < -0.39 is 0 Å². The minimum atomic E-state index is 0.745. The van der Waals surface area contributed by atoms with Gasteiger partial charge in [-0.25, -0.2) is 0 Å². The van der Waals surface area contributed by atoms with Crippen molar-refractivity contribution in [1.29, 1.82) is 0 Å². The number of nitrogens with zero attached hydrogens (tertiary/aromatic N) is 2. The quantitative estimate of drug-likeness (QED) is 0.690. The molecule has 0 unspecified atom stereocenters. The van der Waals surface area contributed by atoms with Gasteiger partial charge in [-0.15, -0.1) is 0 Å². The highest BCUT2D eigenvalue weighted by Crippen LogP contribution is 2.20. The monoisotopic (exact) mass is 197 g/mol. The van der Waals surface area contributed by atoms with Crippen molar-refractivity contribution in [3.05, 3.63) is 0 Å². The van der Waals surface area contributed by atoms with Crippen LogP contribution in [0, 0.1) is 0 Å². The van der Waals surface area contributed by atoms with Crippen LogP contribution in [0.3, 0.4) is 0 Å². The summed E-state index contributed by atoms with van der Waals surface area (Å²) in [5.41, 5.74) is 0. The Bertz CT molecular complexity index is 175. The number of likely N-dealkylation sites (tertiary alicyclic amines) is 2. The fourth-order valence-corrected chi connectivity index (χ4v) is 2.71. The molecule has 0 amide bonds. The second kappa shape index (κ2) is 4.60. The Morgan fingerprint density at radius 1 is 1.07 bits per heavy atom. The van der Waals surface area contributed by atoms with Crippen LogP contribution < -0.4 is 5.32 Å². The standard InChI is InChI=1S/C11H23N3/c1-12-10-3-8-14(9-10)11-4-6-13(2)7-5-11/h10-12H,3-9H2,1-2H3/t10-/m0/s1. The van der Waals surface area contributed by atoms with Crippen LogP contribution in [-0.2, 0) is 0 Å². The van der Waals surface area contributed by atoms with E-state index in [9.17, 15) is 0 Å². The van der Waals surface area contributed by atoms with Crippen molar-refractivity contribution >= 4 is 0 Å². The van der Waals surface area contributed by atoms with Gasteiger partial charge in [0.25, 0.3) is 0 Å². The third-order valence-electron chi connectivity index (χ3n) is 3.83. The summed E-state index contributed by atoms with van der Waals surface area (Å²) in [6.07, 6.45) is 4.07. The molecule has 3 heteroatoms. The van der Waals surface area contributed by atoms with Crippen LogP contribution in [0.1, 0.15) is 19.3 Å². The Kier molecular flexibility index (Phi) is 3.42. The molecule has 0 saturated carbocycles. The predicted molar refractivity (Wildman–Crippen MR) is 59.6 cm³/mol. The Balaban J connectivity index is 1.79. The summed E-state index contributed by atoms with van der Waals surface area (Å²) in [5.74, 6) is 0. The zero-order chi connectivity index (χ0) is 9.97. The first-order valence-corrected chi connectivity index (χ1v) is 5.89. The van der Waals surface area contributed by atoms with Crippen molar-refractivity contribution in [2.24, 2.45) is 0 Å². The molecular formula is C11H23N3. The van der Waals surface area contributed by atoms with E-state index in [1.165, 1.54) is 45.4 Å². The molecule has 0 spiro atoms. The van der Waals surface area contributed by atoms with Crippen molar-refractivity contribution in [2.75, 3.05) is 40.3 Å². The fraction of sp³-hybridized carbons (Fsp3) is 1.00. The summed E-state index contributed by atoms with van der Waals surface area (Å²) < 4.78 is 0. The van der Waals surface area contributed by atoms with E-state index >= 15 is 0 Å². The van der Waals surface area contributed by atoms with Crippen molar-refractivity contribution in [2.45, 2.75) is 31.3 Å². The van der Waals surface area contributed by atoms with Crippen molar-refractivity contribution in [1.82, 2.24) is 15.1 Å². The predicted octanol–water partition coefficient (Wildman–Crippen LogP) is 0.374. The average Bonchev–Trinajstić information content (AvgIpc) is 2.67. The van der Waals surface area contributed by atoms with E-state index in [0.29, 0.717) is 0 Å². The second-order valence-electron chi connectivity index (χ2n) is 4.80. The molecule has 1 N–H and O–H groups in total. The molecule has 0 aromatic carbocycles. The van der Waals surface area contributed by atoms with Gasteiger partial charge in [-0.1, -0.05) is 0 Å². The Hall–Kier alpha value is -0.120. The molecule has 1 atom stereocenters. The van der Waals surface area contributed by atoms with E-state index in [2.05, 4.69) is 29.2 Å². The van der Waals surface area contributed by atoms with Crippen LogP contribution in [0.25, 0.3) is 0 Å². The molecule has 2 saturated heterocycles. The minimum absolute atomic E-state index is 0.745. The number of hydrogen-bond donors (Lipinski definition) is 1. The zero-order valence-corrected chi connectivity index (χ0v) is 9.50. The van der Waals surface area contributed by atoms with E-state index in [1.54, 1.807) is 0 Å². The molecule has 0 aromatic rings. The topological polar surface area (TPSA) is 18.5 Å².